The van der Waals surface area contributed by atoms with Crippen LogP contribution in [-0.4, -0.2) is 25.9 Å². The highest BCUT2D eigenvalue weighted by Gasteiger charge is 2.28. The van der Waals surface area contributed by atoms with Crippen LogP contribution in [0.5, 0.6) is 0 Å². The fourth-order valence-electron chi connectivity index (χ4n) is 3.55. The van der Waals surface area contributed by atoms with Gasteiger partial charge in [-0.3, -0.25) is 9.78 Å². The Morgan fingerprint density at radius 1 is 1.26 bits per heavy atom. The van der Waals surface area contributed by atoms with Crippen LogP contribution in [0.2, 0.25) is 0 Å². The number of nitrogens with zero attached hydrogens (tertiary/aromatic N) is 3. The van der Waals surface area contributed by atoms with Crippen LogP contribution in [0.15, 0.2) is 41.2 Å². The maximum atomic E-state index is 13.2. The topological polar surface area (TPSA) is 84.7 Å². The number of hydrogen-bond acceptors (Lipinski definition) is 5. The number of rotatable bonds is 4. The molecule has 27 heavy (non-hydrogen) atoms. The Kier molecular flexibility index (Phi) is 3.47. The molecule has 0 saturated heterocycles. The molecule has 4 aromatic rings. The number of aromatic nitrogens is 4. The molecule has 0 atom stereocenters. The van der Waals surface area contributed by atoms with Crippen LogP contribution in [0.25, 0.3) is 22.2 Å². The molecule has 1 aliphatic rings. The van der Waals surface area contributed by atoms with Crippen molar-refractivity contribution in [2.24, 2.45) is 0 Å². The highest BCUT2D eigenvalue weighted by atomic mass is 16.5. The van der Waals surface area contributed by atoms with Gasteiger partial charge in [0, 0.05) is 29.4 Å². The first-order chi connectivity index (χ1) is 13.1. The van der Waals surface area contributed by atoms with E-state index in [9.17, 15) is 4.79 Å². The van der Waals surface area contributed by atoms with Gasteiger partial charge in [-0.15, -0.1) is 0 Å². The van der Waals surface area contributed by atoms with Gasteiger partial charge in [0.1, 0.15) is 11.6 Å². The van der Waals surface area contributed by atoms with E-state index >= 15 is 0 Å². The highest BCUT2D eigenvalue weighted by molar-refractivity contribution is 6.16. The minimum Gasteiger partial charge on any atom is -0.361 e. The number of aryl methyl sites for hydroxylation is 2. The lowest BCUT2D eigenvalue weighted by Gasteiger charge is -2.06. The molecule has 0 aliphatic heterocycles. The van der Waals surface area contributed by atoms with Crippen molar-refractivity contribution in [2.75, 3.05) is 0 Å². The van der Waals surface area contributed by atoms with Crippen LogP contribution >= 0.6 is 0 Å². The molecule has 0 amide bonds. The number of aromatic amines is 1. The minimum absolute atomic E-state index is 0.0874. The van der Waals surface area contributed by atoms with E-state index in [0.717, 1.165) is 46.8 Å². The van der Waals surface area contributed by atoms with Gasteiger partial charge in [0.05, 0.1) is 22.3 Å². The monoisotopic (exact) mass is 358 g/mol. The predicted molar refractivity (Wildman–Crippen MR) is 101 cm³/mol. The van der Waals surface area contributed by atoms with E-state index in [0.29, 0.717) is 22.6 Å². The van der Waals surface area contributed by atoms with Gasteiger partial charge in [-0.1, -0.05) is 5.16 Å². The first-order valence-electron chi connectivity index (χ1n) is 9.03. The molecule has 3 heterocycles. The molecule has 5 rings (SSSR count). The zero-order valence-electron chi connectivity index (χ0n) is 15.1. The van der Waals surface area contributed by atoms with Gasteiger partial charge >= 0.3 is 0 Å². The van der Waals surface area contributed by atoms with Crippen molar-refractivity contribution < 1.29 is 9.32 Å². The summed E-state index contributed by atoms with van der Waals surface area (Å²) in [6, 6.07) is 7.46. The second kappa shape index (κ2) is 5.87. The van der Waals surface area contributed by atoms with E-state index in [4.69, 9.17) is 9.51 Å². The van der Waals surface area contributed by atoms with E-state index in [1.54, 1.807) is 24.5 Å². The third-order valence-electron chi connectivity index (χ3n) is 5.06. The summed E-state index contributed by atoms with van der Waals surface area (Å²) in [5, 5.41) is 4.05. The number of carbonyl (C=O) groups is 1. The summed E-state index contributed by atoms with van der Waals surface area (Å²) in [6.07, 6.45) is 5.53. The minimum atomic E-state index is -0.0874. The van der Waals surface area contributed by atoms with Gasteiger partial charge in [0.15, 0.2) is 5.78 Å². The Morgan fingerprint density at radius 3 is 2.78 bits per heavy atom. The van der Waals surface area contributed by atoms with Crippen molar-refractivity contribution in [3.63, 3.8) is 0 Å². The lowest BCUT2D eigenvalue weighted by Crippen LogP contribution is -2.03. The van der Waals surface area contributed by atoms with Crippen molar-refractivity contribution in [3.8, 4) is 11.1 Å². The smallest absolute Gasteiger partial charge is 0.196 e. The number of H-pyrrole nitrogens is 1. The lowest BCUT2D eigenvalue weighted by atomic mass is 9.96. The second-order valence-electron chi connectivity index (χ2n) is 7.09. The Morgan fingerprint density at radius 2 is 2.11 bits per heavy atom. The van der Waals surface area contributed by atoms with Gasteiger partial charge in [-0.2, -0.15) is 0 Å². The largest absolute Gasteiger partial charge is 0.361 e. The number of imidazole rings is 1. The molecular formula is C21H18N4O2. The van der Waals surface area contributed by atoms with E-state index < -0.39 is 0 Å². The number of ketones is 1. The molecule has 134 valence electrons. The summed E-state index contributed by atoms with van der Waals surface area (Å²) in [5.41, 5.74) is 5.30. The Hall–Kier alpha value is -3.28. The standard InChI is InChI=1S/C21H18N4O2/c1-11-18(12(2)27-25-11)15-8-16(20(26)14-4-3-7-22-10-14)19-17(9-15)23-21(24-19)13-5-6-13/h3-4,7-10,13H,5-6H2,1-2H3,(H,23,24). The van der Waals surface area contributed by atoms with Crippen molar-refractivity contribution in [1.29, 1.82) is 0 Å². The Balaban J connectivity index is 1.75. The van der Waals surface area contributed by atoms with Crippen molar-refractivity contribution in [1.82, 2.24) is 20.1 Å². The van der Waals surface area contributed by atoms with E-state index in [1.165, 1.54) is 0 Å². The maximum absolute atomic E-state index is 13.2. The molecule has 1 N–H and O–H groups in total. The van der Waals surface area contributed by atoms with E-state index in [1.807, 2.05) is 26.0 Å². The van der Waals surface area contributed by atoms with Gasteiger partial charge in [0.2, 0.25) is 0 Å². The Bertz CT molecular complexity index is 1150. The predicted octanol–water partition coefficient (Wildman–Crippen LogP) is 4.34. The van der Waals surface area contributed by atoms with E-state index in [-0.39, 0.29) is 5.78 Å². The highest BCUT2D eigenvalue weighted by Crippen LogP contribution is 2.40. The molecule has 0 spiro atoms. The molecule has 6 nitrogen and oxygen atoms in total. The van der Waals surface area contributed by atoms with Crippen molar-refractivity contribution in [3.05, 3.63) is 65.1 Å². The molecule has 6 heteroatoms. The lowest BCUT2D eigenvalue weighted by molar-refractivity contribution is 0.104. The zero-order chi connectivity index (χ0) is 18.5. The van der Waals surface area contributed by atoms with E-state index in [2.05, 4.69) is 15.1 Å². The number of pyridine rings is 1. The third kappa shape index (κ3) is 2.65. The summed E-state index contributed by atoms with van der Waals surface area (Å²) in [7, 11) is 0. The average molecular weight is 358 g/mol. The quantitative estimate of drug-likeness (QED) is 0.549. The van der Waals surface area contributed by atoms with Crippen LogP contribution < -0.4 is 0 Å². The number of nitrogens with one attached hydrogen (secondary N) is 1. The normalized spacial score (nSPS) is 14.0. The SMILES string of the molecule is Cc1noc(C)c1-c1cc(C(=O)c2cccnc2)c2nc(C3CC3)[nH]c2c1. The maximum Gasteiger partial charge on any atom is 0.196 e. The number of hydrogen-bond donors (Lipinski definition) is 1. The van der Waals surface area contributed by atoms with Gasteiger partial charge in [-0.25, -0.2) is 4.98 Å². The summed E-state index contributed by atoms with van der Waals surface area (Å²) in [4.78, 5) is 25.5. The fourth-order valence-corrected chi connectivity index (χ4v) is 3.55. The van der Waals surface area contributed by atoms with Crippen LogP contribution in [-0.2, 0) is 0 Å². The number of benzene rings is 1. The average Bonchev–Trinajstić information content (AvgIpc) is 3.36. The molecule has 1 aliphatic carbocycles. The van der Waals surface area contributed by atoms with Crippen LogP contribution in [0, 0.1) is 13.8 Å². The second-order valence-corrected chi connectivity index (χ2v) is 7.09. The van der Waals surface area contributed by atoms with Crippen LogP contribution in [0.4, 0.5) is 0 Å². The zero-order valence-corrected chi connectivity index (χ0v) is 15.1. The van der Waals surface area contributed by atoms with Gasteiger partial charge in [0.25, 0.3) is 0 Å². The van der Waals surface area contributed by atoms with Crippen LogP contribution in [0.1, 0.15) is 52.0 Å². The molecule has 0 unspecified atom stereocenters. The molecule has 1 fully saturated rings. The molecule has 0 bridgehead atoms. The first kappa shape index (κ1) is 15.9. The van der Waals surface area contributed by atoms with Crippen LogP contribution in [0.3, 0.4) is 0 Å². The van der Waals surface area contributed by atoms with Crippen molar-refractivity contribution >= 4 is 16.8 Å². The number of carbonyl (C=O) groups excluding carboxylic acids is 1. The van der Waals surface area contributed by atoms with Crippen molar-refractivity contribution in [2.45, 2.75) is 32.6 Å². The first-order valence-corrected chi connectivity index (χ1v) is 9.03. The number of fused-ring (bicyclic) bond motifs is 1. The summed E-state index contributed by atoms with van der Waals surface area (Å²) < 4.78 is 5.33. The molecule has 0 radical (unpaired) electrons. The summed E-state index contributed by atoms with van der Waals surface area (Å²) in [6.45, 7) is 3.78. The fraction of sp³-hybridized carbons (Fsp3) is 0.238. The summed E-state index contributed by atoms with van der Waals surface area (Å²) in [5.74, 6) is 2.08. The molecule has 3 aromatic heterocycles. The molecular weight excluding hydrogens is 340 g/mol. The van der Waals surface area contributed by atoms with Gasteiger partial charge < -0.3 is 9.51 Å². The Labute approximate surface area is 155 Å². The summed E-state index contributed by atoms with van der Waals surface area (Å²) >= 11 is 0. The molecule has 1 aromatic carbocycles. The van der Waals surface area contributed by atoms with Gasteiger partial charge in [-0.05, 0) is 56.5 Å². The molecule has 1 saturated carbocycles. The third-order valence-corrected chi connectivity index (χ3v) is 5.06.